The highest BCUT2D eigenvalue weighted by molar-refractivity contribution is 5.25. The fourth-order valence-electron chi connectivity index (χ4n) is 1.84. The number of phenolic OH excluding ortho intramolecular Hbond substituents is 1. The number of hydrogen-bond donors (Lipinski definition) is 2. The molecule has 3 N–H and O–H groups in total. The summed E-state index contributed by atoms with van der Waals surface area (Å²) in [6.45, 7) is 0.827. The zero-order valence-corrected chi connectivity index (χ0v) is 9.99. The van der Waals surface area contributed by atoms with Gasteiger partial charge in [0.1, 0.15) is 5.75 Å². The molecule has 0 saturated carbocycles. The first-order valence-corrected chi connectivity index (χ1v) is 6.31. The molecule has 0 saturated heterocycles. The summed E-state index contributed by atoms with van der Waals surface area (Å²) >= 11 is 0. The molecule has 0 aromatic heterocycles. The van der Waals surface area contributed by atoms with Crippen LogP contribution in [0.4, 0.5) is 0 Å². The SMILES string of the molecule is NCCCCCCCCc1ccc(O)cc1. The smallest absolute Gasteiger partial charge is 0.115 e. The number of aromatic hydroxyl groups is 1. The summed E-state index contributed by atoms with van der Waals surface area (Å²) in [6, 6.07) is 7.53. The van der Waals surface area contributed by atoms with Gasteiger partial charge in [0.05, 0.1) is 0 Å². The van der Waals surface area contributed by atoms with Crippen molar-refractivity contribution in [3.63, 3.8) is 0 Å². The lowest BCUT2D eigenvalue weighted by atomic mass is 10.0. The number of unbranched alkanes of at least 4 members (excludes halogenated alkanes) is 5. The zero-order chi connectivity index (χ0) is 11.6. The van der Waals surface area contributed by atoms with Crippen molar-refractivity contribution in [3.8, 4) is 5.75 Å². The molecule has 1 aromatic rings. The lowest BCUT2D eigenvalue weighted by Crippen LogP contribution is -1.97. The summed E-state index contributed by atoms with van der Waals surface area (Å²) in [6.07, 6.45) is 8.73. The predicted molar refractivity (Wildman–Crippen MR) is 68.6 cm³/mol. The Morgan fingerprint density at radius 3 is 2.00 bits per heavy atom. The van der Waals surface area contributed by atoms with E-state index in [0.717, 1.165) is 19.4 Å². The van der Waals surface area contributed by atoms with Crippen molar-refractivity contribution >= 4 is 0 Å². The normalized spacial score (nSPS) is 10.6. The van der Waals surface area contributed by atoms with Crippen LogP contribution in [0.15, 0.2) is 24.3 Å². The molecule has 1 aromatic carbocycles. The van der Waals surface area contributed by atoms with Gasteiger partial charge in [0, 0.05) is 0 Å². The maximum absolute atomic E-state index is 9.14. The van der Waals surface area contributed by atoms with Gasteiger partial charge in [-0.2, -0.15) is 0 Å². The van der Waals surface area contributed by atoms with Crippen LogP contribution in [0.1, 0.15) is 44.1 Å². The van der Waals surface area contributed by atoms with Crippen LogP contribution in [0.3, 0.4) is 0 Å². The van der Waals surface area contributed by atoms with E-state index >= 15 is 0 Å². The van der Waals surface area contributed by atoms with Crippen molar-refractivity contribution in [2.45, 2.75) is 44.9 Å². The summed E-state index contributed by atoms with van der Waals surface area (Å²) < 4.78 is 0. The minimum atomic E-state index is 0.352. The first-order chi connectivity index (χ1) is 7.83. The van der Waals surface area contributed by atoms with Gasteiger partial charge < -0.3 is 10.8 Å². The van der Waals surface area contributed by atoms with E-state index in [0.29, 0.717) is 5.75 Å². The average molecular weight is 221 g/mol. The molecule has 0 amide bonds. The molecule has 0 atom stereocenters. The molecule has 16 heavy (non-hydrogen) atoms. The standard InChI is InChI=1S/C14H23NO/c15-12-6-4-2-1-3-5-7-13-8-10-14(16)11-9-13/h8-11,16H,1-7,12,15H2. The molecule has 90 valence electrons. The molecular weight excluding hydrogens is 198 g/mol. The van der Waals surface area contributed by atoms with Gasteiger partial charge in [-0.05, 0) is 43.5 Å². The van der Waals surface area contributed by atoms with Crippen LogP contribution in [-0.2, 0) is 6.42 Å². The van der Waals surface area contributed by atoms with Crippen molar-refractivity contribution in [1.29, 1.82) is 0 Å². The van der Waals surface area contributed by atoms with Crippen LogP contribution in [0.5, 0.6) is 5.75 Å². The molecule has 0 aliphatic heterocycles. The second-order valence-electron chi connectivity index (χ2n) is 4.33. The Kier molecular flexibility index (Phi) is 6.66. The highest BCUT2D eigenvalue weighted by atomic mass is 16.3. The number of hydrogen-bond acceptors (Lipinski definition) is 2. The van der Waals surface area contributed by atoms with Gasteiger partial charge in [-0.3, -0.25) is 0 Å². The van der Waals surface area contributed by atoms with Crippen LogP contribution in [-0.4, -0.2) is 11.7 Å². The van der Waals surface area contributed by atoms with E-state index in [1.54, 1.807) is 12.1 Å². The molecule has 0 spiro atoms. The van der Waals surface area contributed by atoms with Gasteiger partial charge >= 0.3 is 0 Å². The van der Waals surface area contributed by atoms with E-state index in [1.807, 2.05) is 12.1 Å². The summed E-state index contributed by atoms with van der Waals surface area (Å²) in [7, 11) is 0. The molecule has 0 fully saturated rings. The molecular formula is C14H23NO. The summed E-state index contributed by atoms with van der Waals surface area (Å²) in [4.78, 5) is 0. The molecule has 0 radical (unpaired) electrons. The second kappa shape index (κ2) is 8.17. The van der Waals surface area contributed by atoms with Crippen LogP contribution in [0, 0.1) is 0 Å². The summed E-state index contributed by atoms with van der Waals surface area (Å²) in [5.74, 6) is 0.352. The van der Waals surface area contributed by atoms with E-state index in [9.17, 15) is 0 Å². The third-order valence-corrected chi connectivity index (χ3v) is 2.86. The Bertz CT molecular complexity index is 269. The molecule has 0 aliphatic rings. The Hall–Kier alpha value is -1.02. The van der Waals surface area contributed by atoms with Crippen molar-refractivity contribution < 1.29 is 5.11 Å². The van der Waals surface area contributed by atoms with Gasteiger partial charge in [0.2, 0.25) is 0 Å². The number of phenols is 1. The fourth-order valence-corrected chi connectivity index (χ4v) is 1.84. The molecule has 2 nitrogen and oxygen atoms in total. The van der Waals surface area contributed by atoms with E-state index in [1.165, 1.54) is 37.7 Å². The number of nitrogens with two attached hydrogens (primary N) is 1. The molecule has 0 bridgehead atoms. The largest absolute Gasteiger partial charge is 0.508 e. The Balaban J connectivity index is 2.01. The monoisotopic (exact) mass is 221 g/mol. The van der Waals surface area contributed by atoms with Crippen molar-refractivity contribution in [2.75, 3.05) is 6.54 Å². The average Bonchev–Trinajstić information content (AvgIpc) is 2.30. The van der Waals surface area contributed by atoms with Gasteiger partial charge in [0.15, 0.2) is 0 Å². The van der Waals surface area contributed by atoms with Crippen molar-refractivity contribution in [3.05, 3.63) is 29.8 Å². The summed E-state index contributed by atoms with van der Waals surface area (Å²) in [5.41, 5.74) is 6.76. The van der Waals surface area contributed by atoms with Gasteiger partial charge in [-0.1, -0.05) is 37.8 Å². The molecule has 0 heterocycles. The van der Waals surface area contributed by atoms with E-state index in [4.69, 9.17) is 10.8 Å². The third-order valence-electron chi connectivity index (χ3n) is 2.86. The fraction of sp³-hybridized carbons (Fsp3) is 0.571. The Morgan fingerprint density at radius 1 is 0.812 bits per heavy atom. The van der Waals surface area contributed by atoms with E-state index < -0.39 is 0 Å². The number of rotatable bonds is 8. The van der Waals surface area contributed by atoms with Gasteiger partial charge in [-0.25, -0.2) is 0 Å². The lowest BCUT2D eigenvalue weighted by Gasteiger charge is -2.02. The lowest BCUT2D eigenvalue weighted by molar-refractivity contribution is 0.475. The quantitative estimate of drug-likeness (QED) is 0.662. The van der Waals surface area contributed by atoms with E-state index in [-0.39, 0.29) is 0 Å². The topological polar surface area (TPSA) is 46.2 Å². The Labute approximate surface area is 98.5 Å². The van der Waals surface area contributed by atoms with Crippen LogP contribution < -0.4 is 5.73 Å². The zero-order valence-electron chi connectivity index (χ0n) is 9.99. The Morgan fingerprint density at radius 2 is 1.38 bits per heavy atom. The first kappa shape index (κ1) is 13.0. The highest BCUT2D eigenvalue weighted by Gasteiger charge is 1.94. The molecule has 0 aliphatic carbocycles. The number of benzene rings is 1. The van der Waals surface area contributed by atoms with Crippen LogP contribution in [0.2, 0.25) is 0 Å². The predicted octanol–water partition coefficient (Wildman–Crippen LogP) is 3.23. The van der Waals surface area contributed by atoms with Gasteiger partial charge in [0.25, 0.3) is 0 Å². The maximum atomic E-state index is 9.14. The maximum Gasteiger partial charge on any atom is 0.115 e. The third kappa shape index (κ3) is 5.76. The number of aryl methyl sites for hydroxylation is 1. The van der Waals surface area contributed by atoms with Gasteiger partial charge in [-0.15, -0.1) is 0 Å². The van der Waals surface area contributed by atoms with Crippen LogP contribution >= 0.6 is 0 Å². The minimum absolute atomic E-state index is 0.352. The van der Waals surface area contributed by atoms with E-state index in [2.05, 4.69) is 0 Å². The summed E-state index contributed by atoms with van der Waals surface area (Å²) in [5, 5.41) is 9.14. The molecule has 2 heteroatoms. The first-order valence-electron chi connectivity index (χ1n) is 6.31. The van der Waals surface area contributed by atoms with Crippen molar-refractivity contribution in [1.82, 2.24) is 0 Å². The highest BCUT2D eigenvalue weighted by Crippen LogP contribution is 2.13. The van der Waals surface area contributed by atoms with Crippen LogP contribution in [0.25, 0.3) is 0 Å². The second-order valence-corrected chi connectivity index (χ2v) is 4.33. The minimum Gasteiger partial charge on any atom is -0.508 e. The molecule has 1 rings (SSSR count). The molecule has 0 unspecified atom stereocenters. The van der Waals surface area contributed by atoms with Crippen molar-refractivity contribution in [2.24, 2.45) is 5.73 Å².